The number of ketones is 1. The van der Waals surface area contributed by atoms with Crippen LogP contribution < -0.4 is 0 Å². The number of ether oxygens (including phenoxy) is 1. The van der Waals surface area contributed by atoms with Crippen LogP contribution in [0.4, 0.5) is 0 Å². The van der Waals surface area contributed by atoms with Crippen LogP contribution in [0.2, 0.25) is 0 Å². The van der Waals surface area contributed by atoms with Gasteiger partial charge in [-0.1, -0.05) is 35.5 Å². The van der Waals surface area contributed by atoms with Crippen molar-refractivity contribution >= 4 is 5.78 Å². The molecule has 0 saturated carbocycles. The summed E-state index contributed by atoms with van der Waals surface area (Å²) in [6, 6.07) is 9.12. The van der Waals surface area contributed by atoms with Gasteiger partial charge in [-0.15, -0.1) is 0 Å². The van der Waals surface area contributed by atoms with Gasteiger partial charge >= 0.3 is 0 Å². The SMILES string of the molecule is O=C(Cc1nc(CC2CCCO2)no1)c1ccccc1. The smallest absolute Gasteiger partial charge is 0.234 e. The maximum absolute atomic E-state index is 12.0. The molecule has 1 aliphatic heterocycles. The summed E-state index contributed by atoms with van der Waals surface area (Å²) in [5.41, 5.74) is 0.659. The molecule has 0 aliphatic carbocycles. The number of carbonyl (C=O) groups excluding carboxylic acids is 1. The molecular formula is C15H16N2O3. The van der Waals surface area contributed by atoms with Crippen LogP contribution in [0.1, 0.15) is 34.9 Å². The Balaban J connectivity index is 1.60. The lowest BCUT2D eigenvalue weighted by Crippen LogP contribution is -2.10. The quantitative estimate of drug-likeness (QED) is 0.781. The standard InChI is InChI=1S/C15H16N2O3/c18-13(11-5-2-1-3-6-11)10-15-16-14(17-20-15)9-12-7-4-8-19-12/h1-3,5-6,12H,4,7-10H2. The first-order chi connectivity index (χ1) is 9.81. The van der Waals surface area contributed by atoms with Gasteiger partial charge in [0.2, 0.25) is 5.89 Å². The second kappa shape index (κ2) is 5.96. The van der Waals surface area contributed by atoms with Crippen molar-refractivity contribution in [2.45, 2.75) is 31.8 Å². The summed E-state index contributed by atoms with van der Waals surface area (Å²) in [5.74, 6) is 0.970. The zero-order chi connectivity index (χ0) is 13.8. The van der Waals surface area contributed by atoms with Gasteiger partial charge in [0.15, 0.2) is 11.6 Å². The van der Waals surface area contributed by atoms with E-state index in [9.17, 15) is 4.79 Å². The first-order valence-electron chi connectivity index (χ1n) is 6.82. The van der Waals surface area contributed by atoms with Crippen LogP contribution in [-0.4, -0.2) is 28.6 Å². The fourth-order valence-corrected chi connectivity index (χ4v) is 2.32. The van der Waals surface area contributed by atoms with Crippen molar-refractivity contribution < 1.29 is 14.1 Å². The molecule has 1 unspecified atom stereocenters. The van der Waals surface area contributed by atoms with E-state index in [2.05, 4.69) is 10.1 Å². The lowest BCUT2D eigenvalue weighted by atomic mass is 10.1. The summed E-state index contributed by atoms with van der Waals surface area (Å²) in [6.07, 6.45) is 3.10. The van der Waals surface area contributed by atoms with Gasteiger partial charge in [0.1, 0.15) is 0 Å². The van der Waals surface area contributed by atoms with Crippen LogP contribution >= 0.6 is 0 Å². The van der Waals surface area contributed by atoms with Crippen molar-refractivity contribution in [1.82, 2.24) is 10.1 Å². The number of aromatic nitrogens is 2. The maximum Gasteiger partial charge on any atom is 0.234 e. The third-order valence-electron chi connectivity index (χ3n) is 3.35. The van der Waals surface area contributed by atoms with Crippen molar-refractivity contribution in [3.05, 3.63) is 47.6 Å². The molecule has 1 aromatic heterocycles. The third kappa shape index (κ3) is 3.11. The molecule has 1 aromatic carbocycles. The number of benzene rings is 1. The van der Waals surface area contributed by atoms with Gasteiger partial charge in [0, 0.05) is 18.6 Å². The second-order valence-corrected chi connectivity index (χ2v) is 4.91. The number of rotatable bonds is 5. The van der Waals surface area contributed by atoms with E-state index in [1.54, 1.807) is 12.1 Å². The summed E-state index contributed by atoms with van der Waals surface area (Å²) in [5, 5.41) is 3.91. The van der Waals surface area contributed by atoms with Crippen molar-refractivity contribution in [1.29, 1.82) is 0 Å². The molecule has 1 fully saturated rings. The molecule has 0 bridgehead atoms. The number of hydrogen-bond acceptors (Lipinski definition) is 5. The van der Waals surface area contributed by atoms with Gasteiger partial charge in [-0.2, -0.15) is 4.98 Å². The second-order valence-electron chi connectivity index (χ2n) is 4.91. The Morgan fingerprint density at radius 3 is 2.90 bits per heavy atom. The lowest BCUT2D eigenvalue weighted by Gasteiger charge is -2.03. The molecule has 3 rings (SSSR count). The minimum Gasteiger partial charge on any atom is -0.378 e. The Morgan fingerprint density at radius 2 is 2.15 bits per heavy atom. The normalized spacial score (nSPS) is 18.3. The van der Waals surface area contributed by atoms with Crippen LogP contribution in [0.25, 0.3) is 0 Å². The van der Waals surface area contributed by atoms with Crippen LogP contribution in [0.5, 0.6) is 0 Å². The van der Waals surface area contributed by atoms with E-state index in [-0.39, 0.29) is 18.3 Å². The number of nitrogens with zero attached hydrogens (tertiary/aromatic N) is 2. The Kier molecular flexibility index (Phi) is 3.87. The third-order valence-corrected chi connectivity index (χ3v) is 3.35. The molecule has 0 radical (unpaired) electrons. The molecule has 1 atom stereocenters. The molecule has 0 N–H and O–H groups in total. The summed E-state index contributed by atoms with van der Waals surface area (Å²) in [7, 11) is 0. The van der Waals surface area contributed by atoms with E-state index in [1.807, 2.05) is 18.2 Å². The molecule has 2 aromatic rings. The predicted octanol–water partition coefficient (Wildman–Crippen LogP) is 2.22. The number of carbonyl (C=O) groups is 1. The molecule has 1 aliphatic rings. The Morgan fingerprint density at radius 1 is 1.30 bits per heavy atom. The molecule has 0 spiro atoms. The largest absolute Gasteiger partial charge is 0.378 e. The fraction of sp³-hybridized carbons (Fsp3) is 0.400. The van der Waals surface area contributed by atoms with E-state index in [4.69, 9.17) is 9.26 Å². The lowest BCUT2D eigenvalue weighted by molar-refractivity contribution is 0.0982. The van der Waals surface area contributed by atoms with Gasteiger partial charge in [0.25, 0.3) is 0 Å². The maximum atomic E-state index is 12.0. The van der Waals surface area contributed by atoms with Gasteiger partial charge in [-0.25, -0.2) is 0 Å². The van der Waals surface area contributed by atoms with Gasteiger partial charge in [0.05, 0.1) is 12.5 Å². The van der Waals surface area contributed by atoms with Gasteiger partial charge in [-0.05, 0) is 12.8 Å². The van der Waals surface area contributed by atoms with E-state index >= 15 is 0 Å². The minimum absolute atomic E-state index is 0.0158. The zero-order valence-corrected chi connectivity index (χ0v) is 11.1. The first kappa shape index (κ1) is 13.0. The van der Waals surface area contributed by atoms with Crippen molar-refractivity contribution in [3.8, 4) is 0 Å². The van der Waals surface area contributed by atoms with Crippen LogP contribution in [0.15, 0.2) is 34.9 Å². The highest BCUT2D eigenvalue weighted by atomic mass is 16.5. The fourth-order valence-electron chi connectivity index (χ4n) is 2.32. The van der Waals surface area contributed by atoms with Crippen LogP contribution in [0, 0.1) is 0 Å². The highest BCUT2D eigenvalue weighted by Gasteiger charge is 2.19. The molecule has 1 saturated heterocycles. The highest BCUT2D eigenvalue weighted by Crippen LogP contribution is 2.16. The van der Waals surface area contributed by atoms with E-state index in [1.165, 1.54) is 0 Å². The number of Topliss-reactive ketones (excluding diaryl/α,β-unsaturated/α-hetero) is 1. The van der Waals surface area contributed by atoms with E-state index < -0.39 is 0 Å². The molecule has 2 heterocycles. The van der Waals surface area contributed by atoms with Crippen LogP contribution in [0.3, 0.4) is 0 Å². The van der Waals surface area contributed by atoms with Crippen molar-refractivity contribution in [3.63, 3.8) is 0 Å². The Labute approximate surface area is 116 Å². The van der Waals surface area contributed by atoms with E-state index in [0.717, 1.165) is 19.4 Å². The molecule has 104 valence electrons. The molecule has 20 heavy (non-hydrogen) atoms. The summed E-state index contributed by atoms with van der Waals surface area (Å²) in [6.45, 7) is 0.807. The molecule has 0 amide bonds. The van der Waals surface area contributed by atoms with Gasteiger partial charge < -0.3 is 9.26 Å². The highest BCUT2D eigenvalue weighted by molar-refractivity contribution is 5.96. The Bertz CT molecular complexity index is 574. The Hall–Kier alpha value is -2.01. The monoisotopic (exact) mass is 272 g/mol. The topological polar surface area (TPSA) is 65.2 Å². The van der Waals surface area contributed by atoms with Crippen molar-refractivity contribution in [2.24, 2.45) is 0 Å². The first-order valence-corrected chi connectivity index (χ1v) is 6.82. The molecular weight excluding hydrogens is 256 g/mol. The van der Waals surface area contributed by atoms with Crippen molar-refractivity contribution in [2.75, 3.05) is 6.61 Å². The minimum atomic E-state index is -0.0158. The number of hydrogen-bond donors (Lipinski definition) is 0. The summed E-state index contributed by atoms with van der Waals surface area (Å²) < 4.78 is 10.7. The molecule has 5 nitrogen and oxygen atoms in total. The predicted molar refractivity (Wildman–Crippen MR) is 71.5 cm³/mol. The van der Waals surface area contributed by atoms with Crippen LogP contribution in [-0.2, 0) is 17.6 Å². The molecule has 5 heteroatoms. The average Bonchev–Trinajstić information content (AvgIpc) is 3.12. The average molecular weight is 272 g/mol. The van der Waals surface area contributed by atoms with E-state index in [0.29, 0.717) is 23.7 Å². The zero-order valence-electron chi connectivity index (χ0n) is 11.1. The van der Waals surface area contributed by atoms with Gasteiger partial charge in [-0.3, -0.25) is 4.79 Å². The summed E-state index contributed by atoms with van der Waals surface area (Å²) >= 11 is 0. The summed E-state index contributed by atoms with van der Waals surface area (Å²) in [4.78, 5) is 16.3.